The first-order valence-corrected chi connectivity index (χ1v) is 9.95. The van der Waals surface area contributed by atoms with E-state index in [2.05, 4.69) is 79.7 Å². The Hall–Kier alpha value is -0.380. The average Bonchev–Trinajstić information content (AvgIpc) is 2.61. The number of benzene rings is 1. The summed E-state index contributed by atoms with van der Waals surface area (Å²) < 4.78 is 1.14. The van der Waals surface area contributed by atoms with Crippen LogP contribution in [-0.4, -0.2) is 69.1 Å². The summed E-state index contributed by atoms with van der Waals surface area (Å²) in [7, 11) is 6.06. The van der Waals surface area contributed by atoms with Crippen molar-refractivity contribution in [3.8, 4) is 0 Å². The maximum Gasteiger partial charge on any atom is 0.191 e. The van der Waals surface area contributed by atoms with Gasteiger partial charge < -0.3 is 15.5 Å². The van der Waals surface area contributed by atoms with Gasteiger partial charge in [0.15, 0.2) is 5.96 Å². The molecule has 1 heterocycles. The van der Waals surface area contributed by atoms with Gasteiger partial charge in [-0.2, -0.15) is 0 Å². The molecule has 0 aliphatic carbocycles. The lowest BCUT2D eigenvalue weighted by molar-refractivity contribution is 0.198. The summed E-state index contributed by atoms with van der Waals surface area (Å²) in [6.07, 6.45) is 3.45. The number of likely N-dealkylation sites (tertiary alicyclic amines) is 1. The Morgan fingerprint density at radius 3 is 2.46 bits per heavy atom. The lowest BCUT2D eigenvalue weighted by atomic mass is 10.0. The van der Waals surface area contributed by atoms with Crippen LogP contribution in [0.5, 0.6) is 0 Å². The number of piperidine rings is 1. The first-order valence-electron chi connectivity index (χ1n) is 9.15. The van der Waals surface area contributed by atoms with E-state index in [0.717, 1.165) is 62.4 Å². The Bertz CT molecular complexity index is 527. The van der Waals surface area contributed by atoms with Gasteiger partial charge in [-0.15, -0.1) is 24.0 Å². The summed E-state index contributed by atoms with van der Waals surface area (Å²) in [5.74, 6) is 0.935. The molecule has 0 spiro atoms. The molecule has 1 aliphatic rings. The molecule has 26 heavy (non-hydrogen) atoms. The number of aliphatic imine (C=N–C) groups is 1. The molecule has 2 N–H and O–H groups in total. The van der Waals surface area contributed by atoms with Crippen LogP contribution in [0.4, 0.5) is 0 Å². The fourth-order valence-electron chi connectivity index (χ4n) is 3.07. The van der Waals surface area contributed by atoms with E-state index in [4.69, 9.17) is 0 Å². The highest BCUT2D eigenvalue weighted by atomic mass is 127. The molecule has 1 fully saturated rings. The van der Waals surface area contributed by atoms with E-state index in [-0.39, 0.29) is 24.0 Å². The summed E-state index contributed by atoms with van der Waals surface area (Å²) in [6, 6.07) is 9.16. The molecule has 1 saturated heterocycles. The molecule has 0 saturated carbocycles. The summed E-state index contributed by atoms with van der Waals surface area (Å²) in [5, 5.41) is 7.00. The molecule has 0 unspecified atom stereocenters. The molecule has 2 rings (SSSR count). The molecule has 7 heteroatoms. The van der Waals surface area contributed by atoms with Crippen LogP contribution in [0, 0.1) is 0 Å². The average molecular weight is 538 g/mol. The van der Waals surface area contributed by atoms with Crippen LogP contribution in [0.2, 0.25) is 0 Å². The normalized spacial score (nSPS) is 16.4. The molecule has 0 atom stereocenters. The topological polar surface area (TPSA) is 42.9 Å². The third kappa shape index (κ3) is 9.01. The van der Waals surface area contributed by atoms with Crippen LogP contribution >= 0.6 is 39.9 Å². The van der Waals surface area contributed by atoms with Crippen LogP contribution in [0.3, 0.4) is 0 Å². The summed E-state index contributed by atoms with van der Waals surface area (Å²) in [6.45, 7) is 5.35. The number of hydrogen-bond donors (Lipinski definition) is 2. The monoisotopic (exact) mass is 537 g/mol. The lowest BCUT2D eigenvalue weighted by Gasteiger charge is -2.33. The molecule has 1 aromatic rings. The van der Waals surface area contributed by atoms with Gasteiger partial charge in [0, 0.05) is 43.7 Å². The number of nitrogens with zero attached hydrogens (tertiary/aromatic N) is 3. The zero-order valence-corrected chi connectivity index (χ0v) is 20.1. The lowest BCUT2D eigenvalue weighted by Crippen LogP contribution is -2.48. The summed E-state index contributed by atoms with van der Waals surface area (Å²) >= 11 is 3.50. The fraction of sp³-hybridized carbons (Fsp3) is 0.632. The summed E-state index contributed by atoms with van der Waals surface area (Å²) in [5.41, 5.74) is 1.38. The van der Waals surface area contributed by atoms with Crippen molar-refractivity contribution < 1.29 is 0 Å². The van der Waals surface area contributed by atoms with Crippen molar-refractivity contribution in [1.82, 2.24) is 20.4 Å². The Morgan fingerprint density at radius 2 is 1.88 bits per heavy atom. The first-order chi connectivity index (χ1) is 12.1. The predicted octanol–water partition coefficient (Wildman–Crippen LogP) is 3.15. The Kier molecular flexibility index (Phi) is 11.7. The van der Waals surface area contributed by atoms with Crippen molar-refractivity contribution >= 4 is 45.9 Å². The van der Waals surface area contributed by atoms with Crippen molar-refractivity contribution in [3.05, 3.63) is 34.3 Å². The van der Waals surface area contributed by atoms with Gasteiger partial charge in [-0.3, -0.25) is 9.89 Å². The number of halogens is 2. The molecule has 0 aromatic heterocycles. The zero-order valence-electron chi connectivity index (χ0n) is 16.2. The second-order valence-electron chi connectivity index (χ2n) is 6.98. The SMILES string of the molecule is CN=C(NCCCN(C)C)NC1CCN(Cc2ccc(Br)cc2)CC1.I. The van der Waals surface area contributed by atoms with Gasteiger partial charge >= 0.3 is 0 Å². The van der Waals surface area contributed by atoms with Crippen LogP contribution in [-0.2, 0) is 6.54 Å². The van der Waals surface area contributed by atoms with Crippen LogP contribution in [0.1, 0.15) is 24.8 Å². The van der Waals surface area contributed by atoms with Gasteiger partial charge in [0.25, 0.3) is 0 Å². The minimum absolute atomic E-state index is 0. The predicted molar refractivity (Wildman–Crippen MR) is 126 cm³/mol. The Labute approximate surface area is 184 Å². The van der Waals surface area contributed by atoms with Crippen molar-refractivity contribution in [2.24, 2.45) is 4.99 Å². The highest BCUT2D eigenvalue weighted by Gasteiger charge is 2.19. The van der Waals surface area contributed by atoms with Gasteiger partial charge in [0.2, 0.25) is 0 Å². The van der Waals surface area contributed by atoms with Crippen LogP contribution in [0.15, 0.2) is 33.7 Å². The molecule has 148 valence electrons. The van der Waals surface area contributed by atoms with Gasteiger partial charge in [-0.1, -0.05) is 28.1 Å². The van der Waals surface area contributed by atoms with E-state index >= 15 is 0 Å². The smallest absolute Gasteiger partial charge is 0.191 e. The molecule has 0 radical (unpaired) electrons. The van der Waals surface area contributed by atoms with E-state index in [9.17, 15) is 0 Å². The number of hydrogen-bond acceptors (Lipinski definition) is 3. The van der Waals surface area contributed by atoms with Crippen LogP contribution < -0.4 is 10.6 Å². The summed E-state index contributed by atoms with van der Waals surface area (Å²) in [4.78, 5) is 9.10. The third-order valence-electron chi connectivity index (χ3n) is 4.55. The molecule has 5 nitrogen and oxygen atoms in total. The van der Waals surface area contributed by atoms with Gasteiger partial charge in [-0.25, -0.2) is 0 Å². The minimum atomic E-state index is 0. The number of guanidine groups is 1. The molecular weight excluding hydrogens is 505 g/mol. The molecule has 1 aromatic carbocycles. The minimum Gasteiger partial charge on any atom is -0.356 e. The molecule has 0 amide bonds. The highest BCUT2D eigenvalue weighted by Crippen LogP contribution is 2.16. The van der Waals surface area contributed by atoms with Gasteiger partial charge in [0.1, 0.15) is 0 Å². The van der Waals surface area contributed by atoms with Crippen molar-refractivity contribution in [1.29, 1.82) is 0 Å². The number of nitrogens with one attached hydrogen (secondary N) is 2. The van der Waals surface area contributed by atoms with Crippen molar-refractivity contribution in [3.63, 3.8) is 0 Å². The van der Waals surface area contributed by atoms with Crippen molar-refractivity contribution in [2.45, 2.75) is 31.8 Å². The Balaban J connectivity index is 0.00000338. The third-order valence-corrected chi connectivity index (χ3v) is 5.07. The first kappa shape index (κ1) is 23.7. The van der Waals surface area contributed by atoms with E-state index < -0.39 is 0 Å². The quantitative estimate of drug-likeness (QED) is 0.243. The van der Waals surface area contributed by atoms with Crippen LogP contribution in [0.25, 0.3) is 0 Å². The Morgan fingerprint density at radius 1 is 1.23 bits per heavy atom. The zero-order chi connectivity index (χ0) is 18.1. The maximum atomic E-state index is 4.36. The maximum absolute atomic E-state index is 4.36. The van der Waals surface area contributed by atoms with Crippen molar-refractivity contribution in [2.75, 3.05) is 47.3 Å². The van der Waals surface area contributed by atoms with E-state index in [1.807, 2.05) is 7.05 Å². The molecule has 0 bridgehead atoms. The number of rotatable bonds is 7. The molecular formula is C19H33BrIN5. The second-order valence-corrected chi connectivity index (χ2v) is 7.89. The second kappa shape index (κ2) is 12.9. The standard InChI is InChI=1S/C19H32BrN5.HI/c1-21-19(22-11-4-12-24(2)3)23-18-9-13-25(14-10-18)15-16-5-7-17(20)8-6-16;/h5-8,18H,4,9-15H2,1-3H3,(H2,21,22,23);1H. The largest absolute Gasteiger partial charge is 0.356 e. The van der Waals surface area contributed by atoms with Gasteiger partial charge in [0.05, 0.1) is 0 Å². The van der Waals surface area contributed by atoms with Gasteiger partial charge in [-0.05, 0) is 57.6 Å². The van der Waals surface area contributed by atoms with E-state index in [1.165, 1.54) is 5.56 Å². The fourth-order valence-corrected chi connectivity index (χ4v) is 3.34. The molecule has 1 aliphatic heterocycles. The van der Waals surface area contributed by atoms with E-state index in [0.29, 0.717) is 6.04 Å². The highest BCUT2D eigenvalue weighted by molar-refractivity contribution is 14.0. The van der Waals surface area contributed by atoms with E-state index in [1.54, 1.807) is 0 Å².